The second-order valence-electron chi connectivity index (χ2n) is 9.40. The minimum absolute atomic E-state index is 0.0252. The summed E-state index contributed by atoms with van der Waals surface area (Å²) in [4.78, 5) is 26.3. The fraction of sp³-hybridized carbons (Fsp3) is 0.833. The maximum atomic E-state index is 13.2. The van der Waals surface area contributed by atoms with E-state index in [0.29, 0.717) is 31.6 Å². The molecule has 2 bridgehead atoms. The average Bonchev–Trinajstić information content (AvgIpc) is 3.02. The Balaban J connectivity index is 2.43. The summed E-state index contributed by atoms with van der Waals surface area (Å²) < 4.78 is 34.0. The fourth-order valence-electron chi connectivity index (χ4n) is 4.62. The SMILES string of the molecule is CCC(CC)O[C@@H]1C=C(C(=O)OC(C)(C)C)[C@@H]2CC[C@@]1(C(=O)OC)[C@H]2OCOCCOC. The zero-order chi connectivity index (χ0) is 23.9. The van der Waals surface area contributed by atoms with Gasteiger partial charge in [-0.15, -0.1) is 0 Å². The third kappa shape index (κ3) is 5.90. The predicted molar refractivity (Wildman–Crippen MR) is 118 cm³/mol. The molecule has 0 heterocycles. The molecule has 1 fully saturated rings. The lowest BCUT2D eigenvalue weighted by Gasteiger charge is -2.43. The molecule has 2 rings (SSSR count). The van der Waals surface area contributed by atoms with E-state index >= 15 is 0 Å². The van der Waals surface area contributed by atoms with Crippen LogP contribution >= 0.6 is 0 Å². The van der Waals surface area contributed by atoms with E-state index in [2.05, 4.69) is 0 Å². The van der Waals surface area contributed by atoms with E-state index < -0.39 is 35.2 Å². The van der Waals surface area contributed by atoms with Crippen LogP contribution in [0.4, 0.5) is 0 Å². The van der Waals surface area contributed by atoms with E-state index in [1.165, 1.54) is 7.11 Å². The summed E-state index contributed by atoms with van der Waals surface area (Å²) in [6.07, 6.45) is 3.07. The summed E-state index contributed by atoms with van der Waals surface area (Å²) in [5, 5.41) is 0. The number of rotatable bonds is 12. The molecule has 0 saturated heterocycles. The summed E-state index contributed by atoms with van der Waals surface area (Å²) in [6.45, 7) is 10.3. The smallest absolute Gasteiger partial charge is 0.334 e. The lowest BCUT2D eigenvalue weighted by atomic mass is 9.71. The third-order valence-corrected chi connectivity index (χ3v) is 6.19. The Morgan fingerprint density at radius 3 is 2.41 bits per heavy atom. The van der Waals surface area contributed by atoms with Crippen LogP contribution in [0.2, 0.25) is 0 Å². The third-order valence-electron chi connectivity index (χ3n) is 6.19. The van der Waals surface area contributed by atoms with Gasteiger partial charge in [-0.1, -0.05) is 13.8 Å². The van der Waals surface area contributed by atoms with Gasteiger partial charge >= 0.3 is 11.9 Å². The second kappa shape index (κ2) is 11.6. The van der Waals surface area contributed by atoms with E-state index in [1.807, 2.05) is 34.6 Å². The van der Waals surface area contributed by atoms with Crippen molar-refractivity contribution in [2.75, 3.05) is 34.2 Å². The van der Waals surface area contributed by atoms with E-state index in [4.69, 9.17) is 28.4 Å². The number of methoxy groups -OCH3 is 2. The van der Waals surface area contributed by atoms with Crippen LogP contribution in [0.3, 0.4) is 0 Å². The number of carbonyl (C=O) groups is 2. The molecule has 0 aromatic carbocycles. The molecule has 0 unspecified atom stereocenters. The molecule has 8 heteroatoms. The zero-order valence-corrected chi connectivity index (χ0v) is 20.6. The fourth-order valence-corrected chi connectivity index (χ4v) is 4.62. The molecule has 2 aliphatic carbocycles. The highest BCUT2D eigenvalue weighted by molar-refractivity contribution is 5.92. The molecule has 0 aliphatic heterocycles. The molecule has 8 nitrogen and oxygen atoms in total. The number of esters is 2. The van der Waals surface area contributed by atoms with Crippen molar-refractivity contribution in [1.82, 2.24) is 0 Å². The lowest BCUT2D eigenvalue weighted by molar-refractivity contribution is -0.198. The van der Waals surface area contributed by atoms with Crippen LogP contribution in [0.25, 0.3) is 0 Å². The van der Waals surface area contributed by atoms with Crippen LogP contribution in [-0.2, 0) is 38.0 Å². The molecule has 0 amide bonds. The van der Waals surface area contributed by atoms with Gasteiger partial charge in [-0.2, -0.15) is 0 Å². The van der Waals surface area contributed by atoms with Crippen molar-refractivity contribution >= 4 is 11.9 Å². The van der Waals surface area contributed by atoms with Gasteiger partial charge in [0.1, 0.15) is 17.8 Å². The number of fused-ring (bicyclic) bond motifs is 2. The number of hydrogen-bond donors (Lipinski definition) is 0. The zero-order valence-electron chi connectivity index (χ0n) is 20.6. The van der Waals surface area contributed by atoms with Crippen LogP contribution in [0, 0.1) is 11.3 Å². The van der Waals surface area contributed by atoms with Crippen LogP contribution in [0.1, 0.15) is 60.3 Å². The number of hydrogen-bond acceptors (Lipinski definition) is 8. The summed E-state index contributed by atoms with van der Waals surface area (Å²) in [6, 6.07) is 0. The Morgan fingerprint density at radius 1 is 1.16 bits per heavy atom. The molecular formula is C24H40O8. The Hall–Kier alpha value is -1.48. The van der Waals surface area contributed by atoms with Gasteiger partial charge in [0.2, 0.25) is 0 Å². The monoisotopic (exact) mass is 456 g/mol. The molecule has 0 aromatic rings. The van der Waals surface area contributed by atoms with E-state index in [0.717, 1.165) is 12.8 Å². The first-order valence-corrected chi connectivity index (χ1v) is 11.5. The molecule has 184 valence electrons. The second-order valence-corrected chi connectivity index (χ2v) is 9.40. The molecule has 0 N–H and O–H groups in total. The van der Waals surface area contributed by atoms with Crippen molar-refractivity contribution in [3.05, 3.63) is 11.6 Å². The highest BCUT2D eigenvalue weighted by Gasteiger charge is 2.64. The topological polar surface area (TPSA) is 89.5 Å². The quantitative estimate of drug-likeness (QED) is 0.251. The van der Waals surface area contributed by atoms with E-state index in [9.17, 15) is 9.59 Å². The Labute approximate surface area is 191 Å². The summed E-state index contributed by atoms with van der Waals surface area (Å²) >= 11 is 0. The first-order valence-electron chi connectivity index (χ1n) is 11.5. The van der Waals surface area contributed by atoms with Gasteiger partial charge in [0.15, 0.2) is 0 Å². The van der Waals surface area contributed by atoms with Crippen molar-refractivity contribution in [2.24, 2.45) is 11.3 Å². The molecule has 4 atom stereocenters. The maximum Gasteiger partial charge on any atom is 0.334 e. The maximum absolute atomic E-state index is 13.2. The average molecular weight is 457 g/mol. The van der Waals surface area contributed by atoms with Crippen molar-refractivity contribution < 1.29 is 38.0 Å². The largest absolute Gasteiger partial charge is 0.468 e. The van der Waals surface area contributed by atoms with Crippen LogP contribution < -0.4 is 0 Å². The minimum atomic E-state index is -1.04. The summed E-state index contributed by atoms with van der Waals surface area (Å²) in [7, 11) is 2.97. The van der Waals surface area contributed by atoms with Gasteiger partial charge in [0.25, 0.3) is 0 Å². The van der Waals surface area contributed by atoms with Crippen LogP contribution in [0.15, 0.2) is 11.6 Å². The number of carbonyl (C=O) groups excluding carboxylic acids is 2. The van der Waals surface area contributed by atoms with Crippen molar-refractivity contribution in [3.63, 3.8) is 0 Å². The van der Waals surface area contributed by atoms with Crippen molar-refractivity contribution in [1.29, 1.82) is 0 Å². The van der Waals surface area contributed by atoms with E-state index in [-0.39, 0.29) is 18.8 Å². The van der Waals surface area contributed by atoms with Gasteiger partial charge in [0, 0.05) is 18.6 Å². The molecule has 2 aliphatic rings. The van der Waals surface area contributed by atoms with Crippen LogP contribution in [0.5, 0.6) is 0 Å². The van der Waals surface area contributed by atoms with Crippen LogP contribution in [-0.4, -0.2) is 70.1 Å². The lowest BCUT2D eigenvalue weighted by Crippen LogP contribution is -2.55. The standard InChI is InChI=1S/C24H40O8/c1-8-16(9-2)31-19-14-18(21(25)32-23(3,4)5)17-10-11-24(19,22(26)28-7)20(17)30-15-29-13-12-27-6/h14,16-17,19-20H,8-13,15H2,1-7H3/t17-,19+,20-,24-/m0/s1. The van der Waals surface area contributed by atoms with E-state index in [1.54, 1.807) is 13.2 Å². The molecule has 32 heavy (non-hydrogen) atoms. The van der Waals surface area contributed by atoms with Crippen molar-refractivity contribution in [3.8, 4) is 0 Å². The van der Waals surface area contributed by atoms with Crippen molar-refractivity contribution in [2.45, 2.75) is 84.2 Å². The van der Waals surface area contributed by atoms with Gasteiger partial charge < -0.3 is 28.4 Å². The van der Waals surface area contributed by atoms with Gasteiger partial charge in [-0.3, -0.25) is 4.79 Å². The van der Waals surface area contributed by atoms with Gasteiger partial charge in [0.05, 0.1) is 38.6 Å². The highest BCUT2D eigenvalue weighted by atomic mass is 16.7. The summed E-state index contributed by atoms with van der Waals surface area (Å²) in [5.74, 6) is -1.11. The molecular weight excluding hydrogens is 416 g/mol. The number of ether oxygens (including phenoxy) is 6. The van der Waals surface area contributed by atoms with Gasteiger partial charge in [-0.25, -0.2) is 4.79 Å². The molecule has 0 radical (unpaired) electrons. The molecule has 1 saturated carbocycles. The first-order chi connectivity index (χ1) is 15.1. The Morgan fingerprint density at radius 2 is 1.84 bits per heavy atom. The Bertz CT molecular complexity index is 663. The predicted octanol–water partition coefficient (Wildman–Crippen LogP) is 3.42. The normalized spacial score (nSPS) is 27.4. The van der Waals surface area contributed by atoms with Gasteiger partial charge in [-0.05, 0) is 52.5 Å². The summed E-state index contributed by atoms with van der Waals surface area (Å²) in [5.41, 5.74) is -1.19. The first kappa shape index (κ1) is 26.8. The molecule has 0 aromatic heterocycles. The molecule has 0 spiro atoms. The minimum Gasteiger partial charge on any atom is -0.468 e. The Kier molecular flexibility index (Phi) is 9.69. The highest BCUT2D eigenvalue weighted by Crippen LogP contribution is 2.55.